The minimum absolute atomic E-state index is 0.0507. The number of halogens is 2. The van der Waals surface area contributed by atoms with Crippen molar-refractivity contribution in [2.75, 3.05) is 13.2 Å². The summed E-state index contributed by atoms with van der Waals surface area (Å²) >= 11 is 0. The Hall–Kier alpha value is -1.92. The molecule has 0 aliphatic heterocycles. The van der Waals surface area contributed by atoms with Crippen molar-refractivity contribution >= 4 is 11.9 Å². The summed E-state index contributed by atoms with van der Waals surface area (Å²) in [7, 11) is 0. The maximum atomic E-state index is 12.3. The Labute approximate surface area is 109 Å². The molecule has 5 nitrogen and oxygen atoms in total. The highest BCUT2D eigenvalue weighted by atomic mass is 19.3. The van der Waals surface area contributed by atoms with E-state index in [1.54, 1.807) is 6.92 Å². The topological polar surface area (TPSA) is 60.3 Å². The zero-order chi connectivity index (χ0) is 14.3. The third-order valence-corrected chi connectivity index (χ3v) is 2.32. The summed E-state index contributed by atoms with van der Waals surface area (Å²) in [6.07, 6.45) is -1.07. The Morgan fingerprint density at radius 1 is 1.47 bits per heavy atom. The summed E-state index contributed by atoms with van der Waals surface area (Å²) in [6.45, 7) is 1.54. The minimum Gasteiger partial charge on any atom is -0.466 e. The second kappa shape index (κ2) is 7.50. The van der Waals surface area contributed by atoms with E-state index in [1.807, 2.05) is 0 Å². The molecule has 1 heterocycles. The molecule has 0 unspecified atom stereocenters. The standard InChI is InChI=1S/C12H16F2N2O3/c1-2-19-11(17)5-6-15-12(18)9-4-3-7-16(9)8-10(13)14/h3-4,7,10H,2,5-6,8H2,1H3,(H,15,18). The molecule has 0 aliphatic carbocycles. The van der Waals surface area contributed by atoms with Crippen LogP contribution in [0.4, 0.5) is 8.78 Å². The third kappa shape index (κ3) is 5.07. The Kier molecular flexibility index (Phi) is 5.98. The summed E-state index contributed by atoms with van der Waals surface area (Å²) in [6, 6.07) is 2.96. The molecule has 0 spiro atoms. The van der Waals surface area contributed by atoms with Crippen LogP contribution in [0.15, 0.2) is 18.3 Å². The molecule has 1 amide bonds. The number of nitrogens with zero attached hydrogens (tertiary/aromatic N) is 1. The monoisotopic (exact) mass is 274 g/mol. The average Bonchev–Trinajstić information content (AvgIpc) is 2.76. The van der Waals surface area contributed by atoms with Gasteiger partial charge in [-0.1, -0.05) is 0 Å². The maximum absolute atomic E-state index is 12.3. The molecular weight excluding hydrogens is 258 g/mol. The lowest BCUT2D eigenvalue weighted by atomic mass is 10.3. The van der Waals surface area contributed by atoms with Crippen molar-refractivity contribution in [1.82, 2.24) is 9.88 Å². The molecule has 106 valence electrons. The SMILES string of the molecule is CCOC(=O)CCNC(=O)c1cccn1CC(F)F. The summed E-state index contributed by atoms with van der Waals surface area (Å²) in [5.74, 6) is -0.902. The van der Waals surface area contributed by atoms with Gasteiger partial charge in [0.1, 0.15) is 5.69 Å². The molecule has 0 atom stereocenters. The highest BCUT2D eigenvalue weighted by molar-refractivity contribution is 5.92. The van der Waals surface area contributed by atoms with Gasteiger partial charge >= 0.3 is 5.97 Å². The molecule has 19 heavy (non-hydrogen) atoms. The molecule has 1 rings (SSSR count). The van der Waals surface area contributed by atoms with Gasteiger partial charge in [-0.05, 0) is 19.1 Å². The quantitative estimate of drug-likeness (QED) is 0.765. The molecule has 0 saturated heterocycles. The van der Waals surface area contributed by atoms with Gasteiger partial charge in [0, 0.05) is 12.7 Å². The van der Waals surface area contributed by atoms with E-state index < -0.39 is 24.8 Å². The Balaban J connectivity index is 2.45. The predicted octanol–water partition coefficient (Wildman–Crippen LogP) is 1.44. The van der Waals surface area contributed by atoms with Crippen LogP contribution in [0.25, 0.3) is 0 Å². The lowest BCUT2D eigenvalue weighted by molar-refractivity contribution is -0.142. The molecule has 1 aromatic rings. The van der Waals surface area contributed by atoms with E-state index in [2.05, 4.69) is 5.32 Å². The first-order valence-electron chi connectivity index (χ1n) is 5.91. The number of alkyl halides is 2. The largest absolute Gasteiger partial charge is 0.466 e. The van der Waals surface area contributed by atoms with Crippen LogP contribution < -0.4 is 5.32 Å². The van der Waals surface area contributed by atoms with Gasteiger partial charge in [-0.25, -0.2) is 8.78 Å². The Bertz CT molecular complexity index is 432. The van der Waals surface area contributed by atoms with Crippen LogP contribution in [0.3, 0.4) is 0 Å². The van der Waals surface area contributed by atoms with Crippen LogP contribution in [0.5, 0.6) is 0 Å². The van der Waals surface area contributed by atoms with Gasteiger partial charge in [0.15, 0.2) is 0 Å². The lowest BCUT2D eigenvalue weighted by Gasteiger charge is -2.09. The van der Waals surface area contributed by atoms with E-state index in [9.17, 15) is 18.4 Å². The second-order valence-electron chi connectivity index (χ2n) is 3.75. The van der Waals surface area contributed by atoms with Crippen molar-refractivity contribution in [2.45, 2.75) is 26.3 Å². The molecule has 1 aromatic heterocycles. The number of nitrogens with one attached hydrogen (secondary N) is 1. The summed E-state index contributed by atoms with van der Waals surface area (Å²) in [5, 5.41) is 2.48. The smallest absolute Gasteiger partial charge is 0.307 e. The van der Waals surface area contributed by atoms with Crippen molar-refractivity contribution in [3.8, 4) is 0 Å². The number of ether oxygens (including phenoxy) is 1. The molecular formula is C12H16F2N2O3. The van der Waals surface area contributed by atoms with E-state index in [4.69, 9.17) is 4.74 Å². The Morgan fingerprint density at radius 2 is 2.21 bits per heavy atom. The molecule has 0 aromatic carbocycles. The van der Waals surface area contributed by atoms with Gasteiger partial charge in [-0.3, -0.25) is 9.59 Å². The highest BCUT2D eigenvalue weighted by Crippen LogP contribution is 2.06. The summed E-state index contributed by atoms with van der Waals surface area (Å²) < 4.78 is 30.4. The fourth-order valence-corrected chi connectivity index (χ4v) is 1.53. The zero-order valence-electron chi connectivity index (χ0n) is 10.6. The number of amides is 1. The van der Waals surface area contributed by atoms with E-state index >= 15 is 0 Å². The number of rotatable bonds is 7. The summed E-state index contributed by atoms with van der Waals surface area (Å²) in [4.78, 5) is 22.8. The predicted molar refractivity (Wildman–Crippen MR) is 64.0 cm³/mol. The van der Waals surface area contributed by atoms with Crippen molar-refractivity contribution in [1.29, 1.82) is 0 Å². The van der Waals surface area contributed by atoms with Crippen molar-refractivity contribution in [3.05, 3.63) is 24.0 Å². The first-order valence-corrected chi connectivity index (χ1v) is 5.91. The molecule has 7 heteroatoms. The number of carbonyl (C=O) groups is 2. The molecule has 0 fully saturated rings. The van der Waals surface area contributed by atoms with Crippen LogP contribution in [-0.4, -0.2) is 36.0 Å². The number of hydrogen-bond acceptors (Lipinski definition) is 3. The second-order valence-corrected chi connectivity index (χ2v) is 3.75. The van der Waals surface area contributed by atoms with E-state index in [0.29, 0.717) is 0 Å². The average molecular weight is 274 g/mol. The fraction of sp³-hybridized carbons (Fsp3) is 0.500. The maximum Gasteiger partial charge on any atom is 0.307 e. The van der Waals surface area contributed by atoms with Gasteiger partial charge in [-0.2, -0.15) is 0 Å². The molecule has 0 bridgehead atoms. The number of aromatic nitrogens is 1. The normalized spacial score (nSPS) is 10.5. The minimum atomic E-state index is -2.53. The van der Waals surface area contributed by atoms with Crippen molar-refractivity contribution in [3.63, 3.8) is 0 Å². The van der Waals surface area contributed by atoms with E-state index in [-0.39, 0.29) is 25.3 Å². The van der Waals surface area contributed by atoms with E-state index in [1.165, 1.54) is 22.9 Å². The van der Waals surface area contributed by atoms with Gasteiger partial charge in [0.2, 0.25) is 0 Å². The van der Waals surface area contributed by atoms with Crippen LogP contribution in [0, 0.1) is 0 Å². The lowest BCUT2D eigenvalue weighted by Crippen LogP contribution is -2.29. The van der Waals surface area contributed by atoms with Gasteiger partial charge < -0.3 is 14.6 Å². The Morgan fingerprint density at radius 3 is 2.84 bits per heavy atom. The molecule has 0 aliphatic rings. The third-order valence-electron chi connectivity index (χ3n) is 2.32. The van der Waals surface area contributed by atoms with Gasteiger partial charge in [0.05, 0.1) is 19.6 Å². The highest BCUT2D eigenvalue weighted by Gasteiger charge is 2.13. The number of hydrogen-bond donors (Lipinski definition) is 1. The zero-order valence-corrected chi connectivity index (χ0v) is 10.6. The van der Waals surface area contributed by atoms with Crippen LogP contribution in [0.1, 0.15) is 23.8 Å². The van der Waals surface area contributed by atoms with Crippen LogP contribution >= 0.6 is 0 Å². The first kappa shape index (κ1) is 15.1. The van der Waals surface area contributed by atoms with Crippen molar-refractivity contribution < 1.29 is 23.1 Å². The number of carbonyl (C=O) groups excluding carboxylic acids is 2. The summed E-state index contributed by atoms with van der Waals surface area (Å²) in [5.41, 5.74) is 0.143. The molecule has 0 radical (unpaired) electrons. The van der Waals surface area contributed by atoms with Crippen molar-refractivity contribution in [2.24, 2.45) is 0 Å². The van der Waals surface area contributed by atoms with E-state index in [0.717, 1.165) is 0 Å². The number of esters is 1. The molecule has 1 N–H and O–H groups in total. The van der Waals surface area contributed by atoms with Gasteiger partial charge in [0.25, 0.3) is 12.3 Å². The van der Waals surface area contributed by atoms with Crippen LogP contribution in [-0.2, 0) is 16.1 Å². The first-order chi connectivity index (χ1) is 9.04. The van der Waals surface area contributed by atoms with Crippen LogP contribution in [0.2, 0.25) is 0 Å². The fourth-order valence-electron chi connectivity index (χ4n) is 1.53. The van der Waals surface area contributed by atoms with Gasteiger partial charge in [-0.15, -0.1) is 0 Å². The molecule has 0 saturated carbocycles.